The van der Waals surface area contributed by atoms with E-state index in [1.54, 1.807) is 12.1 Å². The van der Waals surface area contributed by atoms with Crippen LogP contribution in [0.5, 0.6) is 0 Å². The second-order valence-corrected chi connectivity index (χ2v) is 6.68. The summed E-state index contributed by atoms with van der Waals surface area (Å²) in [6, 6.07) is 13.2. The molecule has 4 nitrogen and oxygen atoms in total. The Hall–Kier alpha value is -3.13. The minimum absolute atomic E-state index is 0.252. The van der Waals surface area contributed by atoms with Crippen LogP contribution in [0.2, 0.25) is 0 Å². The molecule has 130 valence electrons. The molecule has 2 aromatic carbocycles. The maximum Gasteiger partial charge on any atom is 0.149 e. The average Bonchev–Trinajstić information content (AvgIpc) is 3.29. The number of hydrogen-bond donors (Lipinski definition) is 1. The van der Waals surface area contributed by atoms with Crippen LogP contribution in [0.25, 0.3) is 22.7 Å². The topological polar surface area (TPSA) is 55.7 Å². The van der Waals surface area contributed by atoms with Crippen molar-refractivity contribution in [3.05, 3.63) is 59.2 Å². The third-order valence-corrected chi connectivity index (χ3v) is 4.74. The number of aromatic amines is 1. The zero-order valence-corrected chi connectivity index (χ0v) is 14.6. The molecule has 0 bridgehead atoms. The quantitative estimate of drug-likeness (QED) is 0.701. The van der Waals surface area contributed by atoms with Gasteiger partial charge in [0.1, 0.15) is 17.7 Å². The number of hydrogen-bond acceptors (Lipinski definition) is 3. The van der Waals surface area contributed by atoms with Crippen molar-refractivity contribution in [3.63, 3.8) is 0 Å². The van der Waals surface area contributed by atoms with Gasteiger partial charge in [-0.25, -0.2) is 9.37 Å². The van der Waals surface area contributed by atoms with Gasteiger partial charge in [-0.05, 0) is 61.2 Å². The van der Waals surface area contributed by atoms with Crippen molar-refractivity contribution < 1.29 is 4.39 Å². The molecule has 0 atom stereocenters. The summed E-state index contributed by atoms with van der Waals surface area (Å²) in [5.74, 6) is 0.246. The van der Waals surface area contributed by atoms with Crippen molar-refractivity contribution in [2.24, 2.45) is 0 Å². The molecule has 0 amide bonds. The van der Waals surface area contributed by atoms with Crippen molar-refractivity contribution in [1.29, 1.82) is 5.26 Å². The Balaban J connectivity index is 1.68. The van der Waals surface area contributed by atoms with Crippen LogP contribution in [0, 0.1) is 24.1 Å². The summed E-state index contributed by atoms with van der Waals surface area (Å²) in [4.78, 5) is 9.72. The first-order valence-electron chi connectivity index (χ1n) is 8.77. The molecule has 1 fully saturated rings. The van der Waals surface area contributed by atoms with Crippen molar-refractivity contribution in [1.82, 2.24) is 9.97 Å². The minimum Gasteiger partial charge on any atom is -0.369 e. The van der Waals surface area contributed by atoms with Gasteiger partial charge in [-0.2, -0.15) is 5.26 Å². The van der Waals surface area contributed by atoms with E-state index >= 15 is 0 Å². The summed E-state index contributed by atoms with van der Waals surface area (Å²) in [5, 5.41) is 9.54. The second-order valence-electron chi connectivity index (χ2n) is 6.68. The van der Waals surface area contributed by atoms with Crippen LogP contribution in [0.4, 0.5) is 10.1 Å². The molecule has 0 radical (unpaired) electrons. The molecule has 1 saturated heterocycles. The molecule has 0 unspecified atom stereocenters. The Morgan fingerprint density at radius 3 is 2.77 bits per heavy atom. The zero-order chi connectivity index (χ0) is 18.1. The number of nitrogens with zero attached hydrogens (tertiary/aromatic N) is 3. The minimum atomic E-state index is -0.252. The number of H-pyrrole nitrogens is 1. The Morgan fingerprint density at radius 2 is 2.04 bits per heavy atom. The van der Waals surface area contributed by atoms with E-state index in [0.29, 0.717) is 22.6 Å². The molecule has 0 spiro atoms. The lowest BCUT2D eigenvalue weighted by Gasteiger charge is -2.18. The number of benzene rings is 2. The predicted octanol–water partition coefficient (Wildman–Crippen LogP) is 4.67. The molecule has 4 rings (SSSR count). The van der Waals surface area contributed by atoms with Crippen molar-refractivity contribution in [3.8, 4) is 6.07 Å². The Morgan fingerprint density at radius 1 is 1.23 bits per heavy atom. The van der Waals surface area contributed by atoms with Gasteiger partial charge in [0.2, 0.25) is 0 Å². The van der Waals surface area contributed by atoms with Gasteiger partial charge in [0, 0.05) is 13.1 Å². The zero-order valence-electron chi connectivity index (χ0n) is 14.6. The van der Waals surface area contributed by atoms with E-state index in [0.717, 1.165) is 42.5 Å². The molecule has 5 heteroatoms. The number of halogens is 1. The monoisotopic (exact) mass is 346 g/mol. The van der Waals surface area contributed by atoms with Gasteiger partial charge in [-0.3, -0.25) is 0 Å². The first-order chi connectivity index (χ1) is 12.6. The van der Waals surface area contributed by atoms with Gasteiger partial charge in [0.15, 0.2) is 0 Å². The van der Waals surface area contributed by atoms with Crippen LogP contribution in [0.1, 0.15) is 29.8 Å². The SMILES string of the molecule is Cc1ccc2nc(/C(C#N)=C/c3ccc(N4CCCC4)c(F)c3)[nH]c2c1. The molecule has 3 aromatic rings. The largest absolute Gasteiger partial charge is 0.369 e. The smallest absolute Gasteiger partial charge is 0.149 e. The lowest BCUT2D eigenvalue weighted by molar-refractivity contribution is 0.623. The van der Waals surface area contributed by atoms with Gasteiger partial charge >= 0.3 is 0 Å². The fourth-order valence-electron chi connectivity index (χ4n) is 3.40. The summed E-state index contributed by atoms with van der Waals surface area (Å²) < 4.78 is 14.5. The molecular formula is C21H19FN4. The maximum absolute atomic E-state index is 14.5. The first kappa shape index (κ1) is 16.3. The standard InChI is InChI=1S/C21H19FN4/c1-14-4-6-18-19(10-14)25-21(24-18)16(13-23)11-15-5-7-20(17(22)12-15)26-8-2-3-9-26/h4-7,10-12H,2-3,8-9H2,1H3,(H,24,25)/b16-11+. The number of allylic oxidation sites excluding steroid dienone is 1. The number of aromatic nitrogens is 2. The van der Waals surface area contributed by atoms with Crippen LogP contribution in [-0.2, 0) is 0 Å². The summed E-state index contributed by atoms with van der Waals surface area (Å²) in [5.41, 5.74) is 4.48. The number of nitrogens with one attached hydrogen (secondary N) is 1. The number of nitriles is 1. The highest BCUT2D eigenvalue weighted by atomic mass is 19.1. The van der Waals surface area contributed by atoms with E-state index in [1.165, 1.54) is 6.07 Å². The van der Waals surface area contributed by atoms with E-state index in [4.69, 9.17) is 0 Å². The Labute approximate surface area is 151 Å². The lowest BCUT2D eigenvalue weighted by atomic mass is 10.1. The summed E-state index contributed by atoms with van der Waals surface area (Å²) >= 11 is 0. The summed E-state index contributed by atoms with van der Waals surface area (Å²) in [7, 11) is 0. The van der Waals surface area contributed by atoms with Gasteiger partial charge in [0.25, 0.3) is 0 Å². The first-order valence-corrected chi connectivity index (χ1v) is 8.77. The fraction of sp³-hybridized carbons (Fsp3) is 0.238. The Bertz CT molecular complexity index is 1040. The van der Waals surface area contributed by atoms with Crippen molar-refractivity contribution in [2.75, 3.05) is 18.0 Å². The average molecular weight is 346 g/mol. The number of anilines is 1. The third-order valence-electron chi connectivity index (χ3n) is 4.74. The Kier molecular flexibility index (Phi) is 4.18. The normalized spacial score (nSPS) is 14.8. The summed E-state index contributed by atoms with van der Waals surface area (Å²) in [6.07, 6.45) is 3.87. The lowest BCUT2D eigenvalue weighted by Crippen LogP contribution is -2.18. The van der Waals surface area contributed by atoms with Crippen molar-refractivity contribution >= 4 is 28.4 Å². The third kappa shape index (κ3) is 3.06. The molecule has 1 aromatic heterocycles. The van der Waals surface area contributed by atoms with E-state index in [-0.39, 0.29) is 5.82 Å². The number of imidazole rings is 1. The van der Waals surface area contributed by atoms with E-state index < -0.39 is 0 Å². The van der Waals surface area contributed by atoms with Crippen molar-refractivity contribution in [2.45, 2.75) is 19.8 Å². The van der Waals surface area contributed by atoms with E-state index in [9.17, 15) is 9.65 Å². The number of rotatable bonds is 3. The second kappa shape index (κ2) is 6.64. The number of fused-ring (bicyclic) bond motifs is 1. The highest BCUT2D eigenvalue weighted by Gasteiger charge is 2.16. The maximum atomic E-state index is 14.5. The molecule has 1 aliphatic heterocycles. The van der Waals surface area contributed by atoms with Gasteiger partial charge in [0.05, 0.1) is 22.3 Å². The molecular weight excluding hydrogens is 327 g/mol. The van der Waals surface area contributed by atoms with Crippen LogP contribution >= 0.6 is 0 Å². The fourth-order valence-corrected chi connectivity index (χ4v) is 3.40. The highest BCUT2D eigenvalue weighted by Crippen LogP contribution is 2.26. The highest BCUT2D eigenvalue weighted by molar-refractivity contribution is 5.90. The molecule has 2 heterocycles. The predicted molar refractivity (Wildman–Crippen MR) is 102 cm³/mol. The van der Waals surface area contributed by atoms with Crippen LogP contribution < -0.4 is 4.90 Å². The van der Waals surface area contributed by atoms with Gasteiger partial charge in [-0.1, -0.05) is 12.1 Å². The van der Waals surface area contributed by atoms with Gasteiger partial charge in [-0.15, -0.1) is 0 Å². The summed E-state index contributed by atoms with van der Waals surface area (Å²) in [6.45, 7) is 3.80. The molecule has 26 heavy (non-hydrogen) atoms. The van der Waals surface area contributed by atoms with Crippen LogP contribution in [-0.4, -0.2) is 23.1 Å². The molecule has 0 aliphatic carbocycles. The van der Waals surface area contributed by atoms with Crippen LogP contribution in [0.3, 0.4) is 0 Å². The number of aryl methyl sites for hydroxylation is 1. The van der Waals surface area contributed by atoms with Gasteiger partial charge < -0.3 is 9.88 Å². The molecule has 1 N–H and O–H groups in total. The molecule has 1 aliphatic rings. The van der Waals surface area contributed by atoms with Crippen LogP contribution in [0.15, 0.2) is 36.4 Å². The molecule has 0 saturated carbocycles. The van der Waals surface area contributed by atoms with E-state index in [2.05, 4.69) is 20.9 Å². The van der Waals surface area contributed by atoms with E-state index in [1.807, 2.05) is 31.2 Å².